The van der Waals surface area contributed by atoms with Crippen molar-refractivity contribution in [2.24, 2.45) is 0 Å². The summed E-state index contributed by atoms with van der Waals surface area (Å²) in [6.45, 7) is 5.61. The molecule has 32 heavy (non-hydrogen) atoms. The number of hydrogen-bond acceptors (Lipinski definition) is 5. The van der Waals surface area contributed by atoms with Crippen LogP contribution in [0.4, 0.5) is 5.82 Å². The Kier molecular flexibility index (Phi) is 6.02. The lowest BCUT2D eigenvalue weighted by molar-refractivity contribution is 0.148. The van der Waals surface area contributed by atoms with Crippen LogP contribution in [-0.2, 0) is 13.0 Å². The van der Waals surface area contributed by atoms with E-state index in [0.29, 0.717) is 5.82 Å². The molecule has 1 fully saturated rings. The fraction of sp³-hybridized carbons (Fsp3) is 0.333. The molecule has 5 heteroatoms. The van der Waals surface area contributed by atoms with Gasteiger partial charge in [0.15, 0.2) is 0 Å². The van der Waals surface area contributed by atoms with E-state index in [1.54, 1.807) is 0 Å². The van der Waals surface area contributed by atoms with Crippen molar-refractivity contribution >= 4 is 11.4 Å². The number of hydrogen-bond donors (Lipinski definition) is 1. The summed E-state index contributed by atoms with van der Waals surface area (Å²) in [5, 5.41) is 0. The third kappa shape index (κ3) is 4.59. The zero-order valence-corrected chi connectivity index (χ0v) is 18.8. The van der Waals surface area contributed by atoms with E-state index in [-0.39, 0.29) is 0 Å². The minimum Gasteiger partial charge on any atom is -0.384 e. The van der Waals surface area contributed by atoms with Crippen LogP contribution in [0.2, 0.25) is 0 Å². The third-order valence-electron chi connectivity index (χ3n) is 6.61. The molecule has 5 nitrogen and oxygen atoms in total. The zero-order chi connectivity index (χ0) is 21.9. The number of allylic oxidation sites excluding steroid dienone is 1. The molecule has 1 saturated heterocycles. The molecule has 0 atom stereocenters. The molecule has 1 aromatic carbocycles. The smallest absolute Gasteiger partial charge is 0.123 e. The van der Waals surface area contributed by atoms with E-state index in [4.69, 9.17) is 10.7 Å². The highest BCUT2D eigenvalue weighted by molar-refractivity contribution is 5.83. The SMILES string of the molecule is CN1CCN(Cc2ccc(-c3cnc4c(c3)C(c3ccc(N)nc3)=CCCC4)cc2)CC1. The van der Waals surface area contributed by atoms with Crippen LogP contribution in [0.25, 0.3) is 16.7 Å². The highest BCUT2D eigenvalue weighted by atomic mass is 15.2. The molecule has 3 heterocycles. The number of likely N-dealkylation sites (N-methyl/N-ethyl adjacent to an activating group) is 1. The Bertz CT molecular complexity index is 1090. The Morgan fingerprint density at radius 2 is 1.62 bits per heavy atom. The van der Waals surface area contributed by atoms with Crippen molar-refractivity contribution in [1.29, 1.82) is 0 Å². The van der Waals surface area contributed by atoms with E-state index in [2.05, 4.69) is 64.3 Å². The van der Waals surface area contributed by atoms with E-state index >= 15 is 0 Å². The van der Waals surface area contributed by atoms with Crippen molar-refractivity contribution < 1.29 is 0 Å². The molecule has 0 amide bonds. The number of aryl methyl sites for hydroxylation is 1. The fourth-order valence-electron chi connectivity index (χ4n) is 4.61. The number of piperazine rings is 1. The average Bonchev–Trinajstić information content (AvgIpc) is 3.04. The second-order valence-corrected chi connectivity index (χ2v) is 8.98. The molecule has 0 bridgehead atoms. The number of benzene rings is 1. The number of nitrogens with zero attached hydrogens (tertiary/aromatic N) is 4. The Hall–Kier alpha value is -3.02. The standard InChI is InChI=1S/C27H31N5/c1-31-12-14-32(15-13-31)19-20-6-8-21(9-7-20)23-16-25-24(22-10-11-27(28)30-17-22)4-2-3-5-26(25)29-18-23/h4,6-11,16-18H,2-3,5,12-15,19H2,1H3,(H2,28,30). The summed E-state index contributed by atoms with van der Waals surface area (Å²) >= 11 is 0. The van der Waals surface area contributed by atoms with Crippen molar-refractivity contribution in [2.75, 3.05) is 39.0 Å². The van der Waals surface area contributed by atoms with Crippen molar-refractivity contribution in [1.82, 2.24) is 19.8 Å². The maximum atomic E-state index is 5.81. The third-order valence-corrected chi connectivity index (χ3v) is 6.61. The lowest BCUT2D eigenvalue weighted by atomic mass is 9.94. The van der Waals surface area contributed by atoms with Gasteiger partial charge in [-0.3, -0.25) is 9.88 Å². The van der Waals surface area contributed by atoms with Crippen LogP contribution in [0.3, 0.4) is 0 Å². The molecule has 0 saturated carbocycles. The lowest BCUT2D eigenvalue weighted by Gasteiger charge is -2.32. The number of rotatable bonds is 4. The molecule has 0 radical (unpaired) electrons. The second-order valence-electron chi connectivity index (χ2n) is 8.98. The number of nitrogens with two attached hydrogens (primary N) is 1. The highest BCUT2D eigenvalue weighted by Crippen LogP contribution is 2.33. The normalized spacial score (nSPS) is 17.5. The summed E-state index contributed by atoms with van der Waals surface area (Å²) in [5.41, 5.74) is 14.2. The first-order valence-corrected chi connectivity index (χ1v) is 11.6. The summed E-state index contributed by atoms with van der Waals surface area (Å²) in [7, 11) is 2.20. The van der Waals surface area contributed by atoms with Gasteiger partial charge in [-0.05, 0) is 61.2 Å². The number of aromatic nitrogens is 2. The number of fused-ring (bicyclic) bond motifs is 1. The van der Waals surface area contributed by atoms with Gasteiger partial charge in [0.05, 0.1) is 0 Å². The van der Waals surface area contributed by atoms with E-state index in [1.165, 1.54) is 28.0 Å². The first kappa shape index (κ1) is 20.9. The Labute approximate surface area is 190 Å². The number of pyridine rings is 2. The molecule has 5 rings (SSSR count). The Morgan fingerprint density at radius 3 is 2.38 bits per heavy atom. The van der Waals surface area contributed by atoms with Crippen LogP contribution in [0, 0.1) is 0 Å². The number of anilines is 1. The van der Waals surface area contributed by atoms with Crippen LogP contribution in [0.1, 0.15) is 35.2 Å². The van der Waals surface area contributed by atoms with Crippen LogP contribution >= 0.6 is 0 Å². The Balaban J connectivity index is 1.40. The molecule has 0 unspecified atom stereocenters. The summed E-state index contributed by atoms with van der Waals surface area (Å²) in [6.07, 6.45) is 9.39. The predicted octanol–water partition coefficient (Wildman–Crippen LogP) is 4.24. The summed E-state index contributed by atoms with van der Waals surface area (Å²) in [5.74, 6) is 0.548. The minimum atomic E-state index is 0.548. The maximum Gasteiger partial charge on any atom is 0.123 e. The van der Waals surface area contributed by atoms with E-state index in [1.807, 2.05) is 18.5 Å². The van der Waals surface area contributed by atoms with Gasteiger partial charge in [-0.25, -0.2) is 4.98 Å². The van der Waals surface area contributed by atoms with Crippen LogP contribution < -0.4 is 5.73 Å². The molecule has 0 spiro atoms. The molecular weight excluding hydrogens is 394 g/mol. The van der Waals surface area contributed by atoms with Gasteiger partial charge in [-0.15, -0.1) is 0 Å². The molecule has 1 aliphatic heterocycles. The lowest BCUT2D eigenvalue weighted by Crippen LogP contribution is -2.43. The predicted molar refractivity (Wildman–Crippen MR) is 131 cm³/mol. The van der Waals surface area contributed by atoms with Gasteiger partial charge >= 0.3 is 0 Å². The minimum absolute atomic E-state index is 0.548. The van der Waals surface area contributed by atoms with Crippen LogP contribution in [0.15, 0.2) is 60.9 Å². The highest BCUT2D eigenvalue weighted by Gasteiger charge is 2.17. The van der Waals surface area contributed by atoms with Gasteiger partial charge in [-0.1, -0.05) is 30.3 Å². The molecule has 2 aliphatic rings. The second kappa shape index (κ2) is 9.23. The van der Waals surface area contributed by atoms with E-state index in [0.717, 1.165) is 63.1 Å². The first-order chi connectivity index (χ1) is 15.7. The maximum absolute atomic E-state index is 5.81. The first-order valence-electron chi connectivity index (χ1n) is 11.6. The summed E-state index contributed by atoms with van der Waals surface area (Å²) in [6, 6.07) is 15.2. The van der Waals surface area contributed by atoms with Gasteiger partial charge in [0, 0.05) is 67.5 Å². The largest absolute Gasteiger partial charge is 0.384 e. The van der Waals surface area contributed by atoms with E-state index in [9.17, 15) is 0 Å². The van der Waals surface area contributed by atoms with Crippen molar-refractivity contribution in [3.8, 4) is 11.1 Å². The quantitative estimate of drug-likeness (QED) is 0.678. The van der Waals surface area contributed by atoms with Gasteiger partial charge in [0.2, 0.25) is 0 Å². The van der Waals surface area contributed by atoms with Crippen molar-refractivity contribution in [3.05, 3.63) is 83.3 Å². The van der Waals surface area contributed by atoms with Crippen molar-refractivity contribution in [2.45, 2.75) is 25.8 Å². The van der Waals surface area contributed by atoms with Gasteiger partial charge in [0.1, 0.15) is 5.82 Å². The van der Waals surface area contributed by atoms with Crippen LogP contribution in [-0.4, -0.2) is 53.0 Å². The molecule has 2 N–H and O–H groups in total. The summed E-state index contributed by atoms with van der Waals surface area (Å²) in [4.78, 5) is 14.1. The molecule has 1 aliphatic carbocycles. The molecule has 164 valence electrons. The molecule has 3 aromatic rings. The monoisotopic (exact) mass is 425 g/mol. The molecular formula is C27H31N5. The van der Waals surface area contributed by atoms with Crippen molar-refractivity contribution in [3.63, 3.8) is 0 Å². The fourth-order valence-corrected chi connectivity index (χ4v) is 4.61. The zero-order valence-electron chi connectivity index (χ0n) is 18.8. The van der Waals surface area contributed by atoms with Gasteiger partial charge in [-0.2, -0.15) is 0 Å². The van der Waals surface area contributed by atoms with Crippen LogP contribution in [0.5, 0.6) is 0 Å². The number of nitrogen functional groups attached to an aromatic ring is 1. The topological polar surface area (TPSA) is 58.3 Å². The molecule has 2 aromatic heterocycles. The summed E-state index contributed by atoms with van der Waals surface area (Å²) < 4.78 is 0. The average molecular weight is 426 g/mol. The van der Waals surface area contributed by atoms with Gasteiger partial charge < -0.3 is 10.6 Å². The Morgan fingerprint density at radius 1 is 0.875 bits per heavy atom. The van der Waals surface area contributed by atoms with Gasteiger partial charge in [0.25, 0.3) is 0 Å². The van der Waals surface area contributed by atoms with E-state index < -0.39 is 0 Å².